The minimum absolute atomic E-state index is 0.0113. The summed E-state index contributed by atoms with van der Waals surface area (Å²) in [5.74, 6) is 0.706. The summed E-state index contributed by atoms with van der Waals surface area (Å²) >= 11 is 3.00. The molecule has 0 radical (unpaired) electrons. The van der Waals surface area contributed by atoms with Crippen molar-refractivity contribution in [3.8, 4) is 10.8 Å². The molecule has 0 saturated carbocycles. The van der Waals surface area contributed by atoms with Gasteiger partial charge in [-0.3, -0.25) is 4.79 Å². The van der Waals surface area contributed by atoms with Crippen LogP contribution in [0.1, 0.15) is 22.5 Å². The van der Waals surface area contributed by atoms with E-state index in [4.69, 9.17) is 4.42 Å². The predicted octanol–water partition coefficient (Wildman–Crippen LogP) is 3.61. The molecule has 28 heavy (non-hydrogen) atoms. The first-order valence-electron chi connectivity index (χ1n) is 8.73. The van der Waals surface area contributed by atoms with Crippen molar-refractivity contribution < 1.29 is 17.6 Å². The molecule has 1 saturated heterocycles. The number of sulfone groups is 1. The molecule has 1 aliphatic rings. The number of benzene rings is 1. The van der Waals surface area contributed by atoms with Crippen molar-refractivity contribution in [1.29, 1.82) is 0 Å². The molecule has 0 spiro atoms. The second-order valence-corrected chi connectivity index (χ2v) is 11.0. The molecule has 1 unspecified atom stereocenters. The zero-order chi connectivity index (χ0) is 19.6. The molecular formula is C19H18N2O4S3. The maximum Gasteiger partial charge on any atom is 0.252 e. The Balaban J connectivity index is 1.41. The van der Waals surface area contributed by atoms with Crippen molar-refractivity contribution in [1.82, 2.24) is 10.3 Å². The SMILES string of the molecule is O=C(NCc1coc(-c2cccs2)n1)c1ccccc1SC1CCS(=O)(=O)C1. The van der Waals surface area contributed by atoms with Crippen LogP contribution in [-0.2, 0) is 16.4 Å². The monoisotopic (exact) mass is 434 g/mol. The van der Waals surface area contributed by atoms with E-state index in [1.165, 1.54) is 23.1 Å². The van der Waals surface area contributed by atoms with E-state index in [2.05, 4.69) is 10.3 Å². The lowest BCUT2D eigenvalue weighted by Gasteiger charge is -2.12. The quantitative estimate of drug-likeness (QED) is 0.637. The Morgan fingerprint density at radius 1 is 1.29 bits per heavy atom. The van der Waals surface area contributed by atoms with Crippen LogP contribution in [0.5, 0.6) is 0 Å². The molecular weight excluding hydrogens is 416 g/mol. The lowest BCUT2D eigenvalue weighted by Crippen LogP contribution is -2.23. The molecule has 146 valence electrons. The summed E-state index contributed by atoms with van der Waals surface area (Å²) in [6, 6.07) is 11.1. The minimum Gasteiger partial charge on any atom is -0.443 e. The molecule has 4 rings (SSSR count). The van der Waals surface area contributed by atoms with Crippen LogP contribution in [0.3, 0.4) is 0 Å². The number of oxazole rings is 1. The fourth-order valence-electron chi connectivity index (χ4n) is 2.96. The van der Waals surface area contributed by atoms with Gasteiger partial charge in [0, 0.05) is 10.1 Å². The molecule has 2 aromatic heterocycles. The Labute approximate surface area is 171 Å². The molecule has 1 N–H and O–H groups in total. The third-order valence-corrected chi connectivity index (χ3v) is 8.51. The summed E-state index contributed by atoms with van der Waals surface area (Å²) in [5.41, 5.74) is 1.18. The molecule has 1 aromatic carbocycles. The summed E-state index contributed by atoms with van der Waals surface area (Å²) in [5, 5.41) is 4.80. The summed E-state index contributed by atoms with van der Waals surface area (Å²) in [6.07, 6.45) is 2.16. The Morgan fingerprint density at radius 3 is 2.89 bits per heavy atom. The first-order valence-corrected chi connectivity index (χ1v) is 12.3. The lowest BCUT2D eigenvalue weighted by molar-refractivity contribution is 0.0947. The normalized spacial score (nSPS) is 18.2. The Kier molecular flexibility index (Phi) is 5.56. The summed E-state index contributed by atoms with van der Waals surface area (Å²) in [6.45, 7) is 0.254. The van der Waals surface area contributed by atoms with Gasteiger partial charge in [0.15, 0.2) is 9.84 Å². The van der Waals surface area contributed by atoms with Crippen LogP contribution in [0.4, 0.5) is 0 Å². The van der Waals surface area contributed by atoms with Gasteiger partial charge < -0.3 is 9.73 Å². The molecule has 9 heteroatoms. The Hall–Kier alpha value is -2.10. The number of amides is 1. The standard InChI is InChI=1S/C19H18N2O4S3/c22-18(20-10-13-11-25-19(21-13)17-6-3-8-26-17)15-4-1-2-5-16(15)27-14-7-9-28(23,24)12-14/h1-6,8,11,14H,7,9-10,12H2,(H,20,22). The molecule has 0 bridgehead atoms. The first kappa shape index (κ1) is 19.2. The van der Waals surface area contributed by atoms with E-state index in [-0.39, 0.29) is 29.2 Å². The van der Waals surface area contributed by atoms with Gasteiger partial charge in [-0.2, -0.15) is 0 Å². The third kappa shape index (κ3) is 4.48. The van der Waals surface area contributed by atoms with E-state index in [0.29, 0.717) is 23.6 Å². The molecule has 1 atom stereocenters. The van der Waals surface area contributed by atoms with E-state index in [1.54, 1.807) is 18.4 Å². The van der Waals surface area contributed by atoms with E-state index < -0.39 is 9.84 Å². The minimum atomic E-state index is -2.95. The number of carbonyl (C=O) groups is 1. The van der Waals surface area contributed by atoms with Crippen molar-refractivity contribution in [3.05, 3.63) is 59.3 Å². The predicted molar refractivity (Wildman–Crippen MR) is 110 cm³/mol. The van der Waals surface area contributed by atoms with Crippen molar-refractivity contribution in [3.63, 3.8) is 0 Å². The van der Waals surface area contributed by atoms with Gasteiger partial charge in [0.05, 0.1) is 34.2 Å². The number of hydrogen-bond acceptors (Lipinski definition) is 7. The number of aromatic nitrogens is 1. The van der Waals surface area contributed by atoms with Crippen LogP contribution in [0, 0.1) is 0 Å². The van der Waals surface area contributed by atoms with Crippen LogP contribution >= 0.6 is 23.1 Å². The van der Waals surface area contributed by atoms with Gasteiger partial charge in [-0.15, -0.1) is 23.1 Å². The lowest BCUT2D eigenvalue weighted by atomic mass is 10.2. The molecule has 1 fully saturated rings. The van der Waals surface area contributed by atoms with E-state index in [1.807, 2.05) is 29.6 Å². The van der Waals surface area contributed by atoms with Crippen LogP contribution < -0.4 is 5.32 Å². The first-order chi connectivity index (χ1) is 13.5. The van der Waals surface area contributed by atoms with E-state index in [0.717, 1.165) is 9.77 Å². The maximum atomic E-state index is 12.7. The number of nitrogens with one attached hydrogen (secondary N) is 1. The van der Waals surface area contributed by atoms with Gasteiger partial charge in [-0.25, -0.2) is 13.4 Å². The number of thiophene rings is 1. The summed E-state index contributed by atoms with van der Waals surface area (Å²) in [7, 11) is -2.95. The third-order valence-electron chi connectivity index (χ3n) is 4.33. The molecule has 1 amide bonds. The number of thioether (sulfide) groups is 1. The van der Waals surface area contributed by atoms with Crippen molar-refractivity contribution in [2.45, 2.75) is 23.1 Å². The molecule has 3 heterocycles. The zero-order valence-electron chi connectivity index (χ0n) is 14.8. The zero-order valence-corrected chi connectivity index (χ0v) is 17.3. The smallest absolute Gasteiger partial charge is 0.252 e. The average molecular weight is 435 g/mol. The number of hydrogen-bond donors (Lipinski definition) is 1. The number of rotatable bonds is 6. The summed E-state index contributed by atoms with van der Waals surface area (Å²) in [4.78, 5) is 18.8. The van der Waals surface area contributed by atoms with Crippen LogP contribution in [0.15, 0.2) is 57.4 Å². The van der Waals surface area contributed by atoms with Crippen molar-refractivity contribution >= 4 is 38.8 Å². The maximum absolute atomic E-state index is 12.7. The van der Waals surface area contributed by atoms with Crippen LogP contribution in [0.2, 0.25) is 0 Å². The second-order valence-electron chi connectivity index (χ2n) is 6.44. The van der Waals surface area contributed by atoms with Crippen LogP contribution in [-0.4, -0.2) is 36.1 Å². The molecule has 1 aliphatic heterocycles. The second kappa shape index (κ2) is 8.10. The van der Waals surface area contributed by atoms with Gasteiger partial charge in [0.2, 0.25) is 5.89 Å². The largest absolute Gasteiger partial charge is 0.443 e. The topological polar surface area (TPSA) is 89.3 Å². The van der Waals surface area contributed by atoms with Gasteiger partial charge in [0.1, 0.15) is 6.26 Å². The van der Waals surface area contributed by atoms with E-state index in [9.17, 15) is 13.2 Å². The van der Waals surface area contributed by atoms with Crippen molar-refractivity contribution in [2.75, 3.05) is 11.5 Å². The highest BCUT2D eigenvalue weighted by Gasteiger charge is 2.29. The Morgan fingerprint density at radius 2 is 2.14 bits per heavy atom. The average Bonchev–Trinajstić information content (AvgIpc) is 3.41. The molecule has 0 aliphatic carbocycles. The van der Waals surface area contributed by atoms with Crippen LogP contribution in [0.25, 0.3) is 10.8 Å². The number of nitrogens with zero attached hydrogens (tertiary/aromatic N) is 1. The van der Waals surface area contributed by atoms with E-state index >= 15 is 0 Å². The van der Waals surface area contributed by atoms with Gasteiger partial charge in [0.25, 0.3) is 5.91 Å². The van der Waals surface area contributed by atoms with Gasteiger partial charge in [-0.05, 0) is 30.0 Å². The fourth-order valence-corrected chi connectivity index (χ4v) is 7.24. The van der Waals surface area contributed by atoms with Gasteiger partial charge >= 0.3 is 0 Å². The molecule has 3 aromatic rings. The summed E-state index contributed by atoms with van der Waals surface area (Å²) < 4.78 is 28.8. The highest BCUT2D eigenvalue weighted by molar-refractivity contribution is 8.02. The molecule has 6 nitrogen and oxygen atoms in total. The van der Waals surface area contributed by atoms with Gasteiger partial charge in [-0.1, -0.05) is 18.2 Å². The highest BCUT2D eigenvalue weighted by atomic mass is 32.2. The fraction of sp³-hybridized carbons (Fsp3) is 0.263. The Bertz CT molecular complexity index is 1070. The number of carbonyl (C=O) groups excluding carboxylic acids is 1. The van der Waals surface area contributed by atoms with Crippen molar-refractivity contribution in [2.24, 2.45) is 0 Å². The highest BCUT2D eigenvalue weighted by Crippen LogP contribution is 2.33.